The molecule has 10 atom stereocenters. The molecule has 0 spiro atoms. The van der Waals surface area contributed by atoms with Crippen LogP contribution in [0, 0.1) is 47.3 Å². The lowest BCUT2D eigenvalue weighted by Crippen LogP contribution is -2.53. The lowest BCUT2D eigenvalue weighted by Gasteiger charge is -2.36. The lowest BCUT2D eigenvalue weighted by atomic mass is 9.75. The fourth-order valence-corrected chi connectivity index (χ4v) is 11.1. The number of carbonyl (C=O) groups excluding carboxylic acids is 6. The van der Waals surface area contributed by atoms with E-state index in [2.05, 4.69) is 64.2 Å². The van der Waals surface area contributed by atoms with Gasteiger partial charge in [-0.25, -0.2) is 9.59 Å². The average Bonchev–Trinajstić information content (AvgIpc) is 4.12. The number of rotatable bonds is 18. The number of esters is 2. The Bertz CT molecular complexity index is 2180. The molecule has 15 nitrogen and oxygen atoms in total. The minimum Gasteiger partial charge on any atom is -0.458 e. The number of aromatic nitrogens is 2. The number of fused-ring (bicyclic) bond motifs is 6. The number of hydrogen-bond acceptors (Lipinski definition) is 10. The Kier molecular flexibility index (Phi) is 14.8. The summed E-state index contributed by atoms with van der Waals surface area (Å²) in [5.41, 5.74) is 2.34. The van der Waals surface area contributed by atoms with Gasteiger partial charge in [0.2, 0.25) is 23.6 Å². The van der Waals surface area contributed by atoms with Gasteiger partial charge in [0.25, 0.3) is 0 Å². The molecule has 8 rings (SSSR count). The van der Waals surface area contributed by atoms with E-state index in [1.54, 1.807) is 12.4 Å². The quantitative estimate of drug-likeness (QED) is 0.0403. The van der Waals surface area contributed by atoms with Gasteiger partial charge in [-0.05, 0) is 75.6 Å². The number of carbonyl (C=O) groups is 6. The number of ether oxygens (including phenoxy) is 2. The number of H-pyrrole nitrogens is 2. The molecule has 4 aromatic rings. The van der Waals surface area contributed by atoms with E-state index in [0.717, 1.165) is 21.8 Å². The van der Waals surface area contributed by atoms with Crippen molar-refractivity contribution in [3.05, 3.63) is 72.1 Å². The van der Waals surface area contributed by atoms with Crippen LogP contribution in [0.4, 0.5) is 0 Å². The summed E-state index contributed by atoms with van der Waals surface area (Å²) in [5, 5.41) is 16.9. The normalized spacial score (nSPS) is 26.6. The van der Waals surface area contributed by atoms with E-state index in [1.807, 2.05) is 48.5 Å². The highest BCUT2D eigenvalue weighted by Gasteiger charge is 2.62. The van der Waals surface area contributed by atoms with Crippen LogP contribution in [0.5, 0.6) is 0 Å². The summed E-state index contributed by atoms with van der Waals surface area (Å²) < 4.78 is 12.3. The van der Waals surface area contributed by atoms with Crippen molar-refractivity contribution in [1.29, 1.82) is 0 Å². The van der Waals surface area contributed by atoms with Gasteiger partial charge in [-0.3, -0.25) is 24.5 Å². The number of para-hydroxylation sites is 2. The molecular formula is C48H62ClN7O8. The van der Waals surface area contributed by atoms with Gasteiger partial charge >= 0.3 is 11.9 Å². The maximum absolute atomic E-state index is 14.7. The topological polar surface area (TPSA) is 213 Å². The van der Waals surface area contributed by atoms with Gasteiger partial charge in [0, 0.05) is 71.2 Å². The molecule has 2 aromatic heterocycles. The van der Waals surface area contributed by atoms with Crippen LogP contribution in [0.25, 0.3) is 21.8 Å². The van der Waals surface area contributed by atoms with Gasteiger partial charge in [0.1, 0.15) is 12.2 Å². The van der Waals surface area contributed by atoms with Crippen LogP contribution < -0.4 is 26.6 Å². The van der Waals surface area contributed by atoms with Gasteiger partial charge in [-0.1, -0.05) is 64.1 Å². The zero-order chi connectivity index (χ0) is 44.4. The van der Waals surface area contributed by atoms with Gasteiger partial charge < -0.3 is 40.7 Å². The molecule has 2 heterocycles. The van der Waals surface area contributed by atoms with E-state index in [1.165, 1.54) is 0 Å². The summed E-state index contributed by atoms with van der Waals surface area (Å²) in [4.78, 5) is 90.8. The summed E-state index contributed by atoms with van der Waals surface area (Å²) >= 11 is 0. The van der Waals surface area contributed by atoms with Crippen molar-refractivity contribution in [2.75, 3.05) is 26.2 Å². The average molecular weight is 901 g/mol. The van der Waals surface area contributed by atoms with Crippen LogP contribution in [0.15, 0.2) is 60.9 Å². The van der Waals surface area contributed by atoms with E-state index in [9.17, 15) is 28.8 Å². The Labute approximate surface area is 379 Å². The third-order valence-corrected chi connectivity index (χ3v) is 13.9. The van der Waals surface area contributed by atoms with Gasteiger partial charge in [-0.2, -0.15) is 0 Å². The largest absolute Gasteiger partial charge is 0.458 e. The second-order valence-electron chi connectivity index (χ2n) is 18.6. The third kappa shape index (κ3) is 9.71. The minimum atomic E-state index is -0.961. The van der Waals surface area contributed by atoms with Crippen LogP contribution in [-0.4, -0.2) is 96.0 Å². The SMILES string of the molecule is CC(C)NCCCNC(=O)C1C2CC(OC(=O)c3c[nH]c4ccccc34)C(C2)C1C(=O)NC(=O)C1C2CC(CC2OC(=O)c2c[nH]c3ccccc23)C1C(=O)NCCCNC(C)C.Cl. The first-order valence-corrected chi connectivity index (χ1v) is 22.8. The van der Waals surface area contributed by atoms with Crippen molar-refractivity contribution in [2.45, 2.75) is 90.5 Å². The molecule has 10 unspecified atom stereocenters. The van der Waals surface area contributed by atoms with Gasteiger partial charge in [-0.15, -0.1) is 12.4 Å². The summed E-state index contributed by atoms with van der Waals surface area (Å²) in [6.45, 7) is 10.5. The number of benzene rings is 2. The maximum Gasteiger partial charge on any atom is 0.340 e. The molecule has 4 fully saturated rings. The third-order valence-electron chi connectivity index (χ3n) is 13.9. The van der Waals surface area contributed by atoms with Crippen molar-refractivity contribution in [2.24, 2.45) is 47.3 Å². The van der Waals surface area contributed by atoms with Crippen LogP contribution in [0.3, 0.4) is 0 Å². The number of amides is 4. The fraction of sp³-hybridized carbons (Fsp3) is 0.542. The molecule has 4 saturated carbocycles. The zero-order valence-electron chi connectivity index (χ0n) is 36.9. The molecule has 4 aliphatic rings. The number of imide groups is 1. The van der Waals surface area contributed by atoms with Gasteiger partial charge in [0.15, 0.2) is 0 Å². The highest BCUT2D eigenvalue weighted by molar-refractivity contribution is 6.05. The zero-order valence-corrected chi connectivity index (χ0v) is 37.8. The van der Waals surface area contributed by atoms with Crippen molar-refractivity contribution in [3.63, 3.8) is 0 Å². The summed E-state index contributed by atoms with van der Waals surface area (Å²) in [5.74, 6) is -7.79. The van der Waals surface area contributed by atoms with Crippen molar-refractivity contribution < 1.29 is 38.2 Å². The molecule has 344 valence electrons. The molecule has 0 saturated heterocycles. The predicted molar refractivity (Wildman–Crippen MR) is 243 cm³/mol. The minimum absolute atomic E-state index is 0. The van der Waals surface area contributed by atoms with Gasteiger partial charge in [0.05, 0.1) is 34.8 Å². The van der Waals surface area contributed by atoms with E-state index in [0.29, 0.717) is 87.9 Å². The fourth-order valence-electron chi connectivity index (χ4n) is 11.1. The second kappa shape index (κ2) is 20.3. The molecule has 0 aliphatic heterocycles. The molecule has 16 heteroatoms. The van der Waals surface area contributed by atoms with Crippen molar-refractivity contribution in [1.82, 2.24) is 36.6 Å². The molecular weight excluding hydrogens is 838 g/mol. The Balaban J connectivity index is 0.00000612. The molecule has 4 amide bonds. The highest BCUT2D eigenvalue weighted by atomic mass is 35.5. The summed E-state index contributed by atoms with van der Waals surface area (Å²) in [7, 11) is 0. The first kappa shape index (κ1) is 46.7. The molecule has 2 aromatic carbocycles. The Morgan fingerprint density at radius 1 is 0.562 bits per heavy atom. The highest BCUT2D eigenvalue weighted by Crippen LogP contribution is 2.56. The first-order chi connectivity index (χ1) is 30.4. The number of nitrogens with one attached hydrogen (secondary N) is 7. The van der Waals surface area contributed by atoms with Crippen LogP contribution in [0.1, 0.15) is 86.9 Å². The monoisotopic (exact) mass is 899 g/mol. The van der Waals surface area contributed by atoms with E-state index < -0.39 is 71.5 Å². The number of aromatic amines is 2. The van der Waals surface area contributed by atoms with E-state index in [4.69, 9.17) is 9.47 Å². The first-order valence-electron chi connectivity index (χ1n) is 22.8. The van der Waals surface area contributed by atoms with E-state index >= 15 is 0 Å². The number of halogens is 1. The lowest BCUT2D eigenvalue weighted by molar-refractivity contribution is -0.147. The Hall–Kier alpha value is -5.25. The van der Waals surface area contributed by atoms with Crippen molar-refractivity contribution in [3.8, 4) is 0 Å². The summed E-state index contributed by atoms with van der Waals surface area (Å²) in [6.07, 6.45) is 5.08. The standard InChI is InChI=1S/C48H61N7O8.ClH/c1-25(2)49-15-9-17-51-43(56)39-27-19-31(37(21-27)62-47(60)33-23-53-35-13-7-5-11-29(33)35)41(39)45(58)55-46(59)42-32-20-28(40(42)44(57)52-18-10-16-50-26(3)4)22-38(32)63-48(61)34-24-54-36-14-8-6-12-30(34)36;/h5-8,11-14,23-28,31-32,37-42,49-50,53-54H,9-10,15-22H2,1-4H3,(H,51,56)(H,52,57)(H,55,58,59);1H. The Morgan fingerprint density at radius 2 is 0.969 bits per heavy atom. The molecule has 64 heavy (non-hydrogen) atoms. The summed E-state index contributed by atoms with van der Waals surface area (Å²) in [6, 6.07) is 15.4. The van der Waals surface area contributed by atoms with Crippen molar-refractivity contribution >= 4 is 69.8 Å². The molecule has 4 aliphatic carbocycles. The van der Waals surface area contributed by atoms with Crippen LogP contribution >= 0.6 is 12.4 Å². The second-order valence-corrected chi connectivity index (χ2v) is 18.6. The maximum atomic E-state index is 14.7. The van der Waals surface area contributed by atoms with Crippen LogP contribution in [-0.2, 0) is 28.7 Å². The predicted octanol–water partition coefficient (Wildman–Crippen LogP) is 5.02. The van der Waals surface area contributed by atoms with Crippen LogP contribution in [0.2, 0.25) is 0 Å². The molecule has 7 N–H and O–H groups in total. The smallest absolute Gasteiger partial charge is 0.340 e. The Morgan fingerprint density at radius 3 is 1.38 bits per heavy atom. The molecule has 4 bridgehead atoms. The molecule has 0 radical (unpaired) electrons. The number of hydrogen-bond donors (Lipinski definition) is 7. The van der Waals surface area contributed by atoms with E-state index in [-0.39, 0.29) is 36.1 Å².